The molecule has 0 saturated heterocycles. The number of benzene rings is 1. The number of nitrogens with zero attached hydrogens (tertiary/aromatic N) is 2. The summed E-state index contributed by atoms with van der Waals surface area (Å²) in [5.74, 6) is 1.08. The first-order chi connectivity index (χ1) is 12.2. The van der Waals surface area contributed by atoms with Gasteiger partial charge in [0, 0.05) is 18.0 Å². The van der Waals surface area contributed by atoms with Gasteiger partial charge >= 0.3 is 0 Å². The summed E-state index contributed by atoms with van der Waals surface area (Å²) in [5.41, 5.74) is 9.15. The van der Waals surface area contributed by atoms with Crippen molar-refractivity contribution in [2.24, 2.45) is 10.7 Å². The smallest absolute Gasteiger partial charge is 0.213 e. The number of ether oxygens (including phenoxy) is 1. The Labute approximate surface area is 149 Å². The maximum atomic E-state index is 6.00. The number of hydrogen-bond donors (Lipinski definition) is 2. The number of aryl methyl sites for hydroxylation is 1. The summed E-state index contributed by atoms with van der Waals surface area (Å²) in [6.07, 6.45) is 8.12. The molecule has 0 spiro atoms. The lowest BCUT2D eigenvalue weighted by molar-refractivity contribution is 0.148. The highest BCUT2D eigenvalue weighted by atomic mass is 16.5. The first-order valence-electron chi connectivity index (χ1n) is 8.94. The minimum absolute atomic E-state index is 0.299. The van der Waals surface area contributed by atoms with Crippen LogP contribution in [0.2, 0.25) is 0 Å². The van der Waals surface area contributed by atoms with Gasteiger partial charge in [-0.2, -0.15) is 0 Å². The van der Waals surface area contributed by atoms with E-state index < -0.39 is 0 Å². The molecule has 25 heavy (non-hydrogen) atoms. The molecule has 1 aromatic heterocycles. The summed E-state index contributed by atoms with van der Waals surface area (Å²) in [6, 6.07) is 11.9. The van der Waals surface area contributed by atoms with E-state index in [0.29, 0.717) is 24.5 Å². The second-order valence-electron chi connectivity index (χ2n) is 6.57. The molecular formula is C20H26N4O. The average Bonchev–Trinajstić information content (AvgIpc) is 2.63. The van der Waals surface area contributed by atoms with Crippen molar-refractivity contribution in [2.45, 2.75) is 51.7 Å². The maximum Gasteiger partial charge on any atom is 0.213 e. The molecule has 3 N–H and O–H groups in total. The monoisotopic (exact) mass is 338 g/mol. The Hall–Kier alpha value is -2.56. The van der Waals surface area contributed by atoms with Crippen LogP contribution < -0.4 is 15.8 Å². The number of nitrogens with one attached hydrogen (secondary N) is 1. The van der Waals surface area contributed by atoms with Gasteiger partial charge in [-0.3, -0.25) is 0 Å². The normalized spacial score (nSPS) is 15.8. The van der Waals surface area contributed by atoms with E-state index in [1.54, 1.807) is 6.20 Å². The van der Waals surface area contributed by atoms with E-state index in [1.165, 1.54) is 24.8 Å². The van der Waals surface area contributed by atoms with Crippen molar-refractivity contribution in [2.75, 3.05) is 5.32 Å². The van der Waals surface area contributed by atoms with Gasteiger partial charge in [0.25, 0.3) is 0 Å². The van der Waals surface area contributed by atoms with Gasteiger partial charge in [0.15, 0.2) is 5.96 Å². The van der Waals surface area contributed by atoms with Gasteiger partial charge in [0.2, 0.25) is 5.88 Å². The number of guanidine groups is 1. The standard InChI is InChI=1S/C20H26N4O/c1-15-7-9-17(10-8-15)24-20(21)23-14-16-11-12-22-19(13-16)25-18-5-3-2-4-6-18/h7-13,18H,2-6,14H2,1H3,(H3,21,23,24). The zero-order valence-electron chi connectivity index (χ0n) is 14.7. The van der Waals surface area contributed by atoms with Crippen molar-refractivity contribution in [3.63, 3.8) is 0 Å². The molecule has 0 atom stereocenters. The third kappa shape index (κ3) is 5.48. The zero-order chi connectivity index (χ0) is 17.5. The third-order valence-corrected chi connectivity index (χ3v) is 4.39. The topological polar surface area (TPSA) is 72.5 Å². The molecule has 3 rings (SSSR count). The van der Waals surface area contributed by atoms with Crippen molar-refractivity contribution in [3.05, 3.63) is 53.7 Å². The fraction of sp³-hybridized carbons (Fsp3) is 0.400. The molecule has 2 aromatic rings. The SMILES string of the molecule is Cc1ccc(NC(N)=NCc2ccnc(OC3CCCCC3)c2)cc1. The number of aliphatic imine (C=N–C) groups is 1. The fourth-order valence-corrected chi connectivity index (χ4v) is 2.97. The summed E-state index contributed by atoms with van der Waals surface area (Å²) in [4.78, 5) is 8.72. The second-order valence-corrected chi connectivity index (χ2v) is 6.57. The van der Waals surface area contributed by atoms with Gasteiger partial charge in [0.05, 0.1) is 6.54 Å². The Balaban J connectivity index is 1.56. The Morgan fingerprint density at radius 2 is 1.96 bits per heavy atom. The Morgan fingerprint density at radius 1 is 1.20 bits per heavy atom. The third-order valence-electron chi connectivity index (χ3n) is 4.39. The van der Waals surface area contributed by atoms with Crippen molar-refractivity contribution < 1.29 is 4.74 Å². The number of nitrogens with two attached hydrogens (primary N) is 1. The van der Waals surface area contributed by atoms with Crippen LogP contribution in [0.4, 0.5) is 5.69 Å². The van der Waals surface area contributed by atoms with Gasteiger partial charge in [-0.05, 0) is 56.4 Å². The van der Waals surface area contributed by atoms with Crippen LogP contribution >= 0.6 is 0 Å². The first-order valence-corrected chi connectivity index (χ1v) is 8.94. The van der Waals surface area contributed by atoms with Crippen LogP contribution in [0.5, 0.6) is 5.88 Å². The molecule has 1 fully saturated rings. The molecular weight excluding hydrogens is 312 g/mol. The molecule has 0 unspecified atom stereocenters. The van der Waals surface area contributed by atoms with Crippen LogP contribution in [0.3, 0.4) is 0 Å². The van der Waals surface area contributed by atoms with Crippen LogP contribution in [0.15, 0.2) is 47.6 Å². The highest BCUT2D eigenvalue weighted by Crippen LogP contribution is 2.22. The van der Waals surface area contributed by atoms with Gasteiger partial charge in [-0.25, -0.2) is 9.98 Å². The molecule has 1 aliphatic carbocycles. The summed E-state index contributed by atoms with van der Waals surface area (Å²) >= 11 is 0. The molecule has 1 saturated carbocycles. The van der Waals surface area contributed by atoms with E-state index in [-0.39, 0.29) is 0 Å². The lowest BCUT2D eigenvalue weighted by Crippen LogP contribution is -2.22. The number of rotatable bonds is 5. The molecule has 0 bridgehead atoms. The molecule has 1 aliphatic rings. The first kappa shape index (κ1) is 17.3. The summed E-state index contributed by atoms with van der Waals surface area (Å²) < 4.78 is 6.00. The molecule has 1 aromatic carbocycles. The summed E-state index contributed by atoms with van der Waals surface area (Å²) in [5, 5.41) is 3.10. The minimum Gasteiger partial charge on any atom is -0.474 e. The second kappa shape index (κ2) is 8.51. The van der Waals surface area contributed by atoms with Crippen molar-refractivity contribution in [3.8, 4) is 5.88 Å². The van der Waals surface area contributed by atoms with Crippen LogP contribution in [0.1, 0.15) is 43.2 Å². The van der Waals surface area contributed by atoms with E-state index >= 15 is 0 Å². The van der Waals surface area contributed by atoms with Gasteiger partial charge < -0.3 is 15.8 Å². The highest BCUT2D eigenvalue weighted by Gasteiger charge is 2.15. The summed E-state index contributed by atoms with van der Waals surface area (Å²) in [6.45, 7) is 2.55. The largest absolute Gasteiger partial charge is 0.474 e. The number of hydrogen-bond acceptors (Lipinski definition) is 3. The van der Waals surface area contributed by atoms with Crippen LogP contribution in [-0.2, 0) is 6.54 Å². The van der Waals surface area contributed by atoms with E-state index in [9.17, 15) is 0 Å². The Kier molecular flexibility index (Phi) is 5.88. The Morgan fingerprint density at radius 3 is 2.72 bits per heavy atom. The summed E-state index contributed by atoms with van der Waals surface area (Å²) in [7, 11) is 0. The maximum absolute atomic E-state index is 6.00. The van der Waals surface area contributed by atoms with E-state index in [4.69, 9.17) is 10.5 Å². The molecule has 0 radical (unpaired) electrons. The average molecular weight is 338 g/mol. The zero-order valence-corrected chi connectivity index (χ0v) is 14.7. The fourth-order valence-electron chi connectivity index (χ4n) is 2.97. The lowest BCUT2D eigenvalue weighted by Gasteiger charge is -2.22. The molecule has 0 amide bonds. The molecule has 132 valence electrons. The van der Waals surface area contributed by atoms with Gasteiger partial charge in [-0.1, -0.05) is 24.1 Å². The van der Waals surface area contributed by atoms with E-state index in [2.05, 4.69) is 22.2 Å². The van der Waals surface area contributed by atoms with E-state index in [1.807, 2.05) is 36.4 Å². The predicted molar refractivity (Wildman–Crippen MR) is 102 cm³/mol. The van der Waals surface area contributed by atoms with Gasteiger partial charge in [-0.15, -0.1) is 0 Å². The number of aromatic nitrogens is 1. The highest BCUT2D eigenvalue weighted by molar-refractivity contribution is 5.92. The van der Waals surface area contributed by atoms with E-state index in [0.717, 1.165) is 24.1 Å². The number of pyridine rings is 1. The molecule has 1 heterocycles. The number of anilines is 1. The molecule has 5 nitrogen and oxygen atoms in total. The minimum atomic E-state index is 0.299. The van der Waals surface area contributed by atoms with Crippen LogP contribution in [0, 0.1) is 6.92 Å². The van der Waals surface area contributed by atoms with Gasteiger partial charge in [0.1, 0.15) is 6.10 Å². The van der Waals surface area contributed by atoms with Crippen LogP contribution in [0.25, 0.3) is 0 Å². The lowest BCUT2D eigenvalue weighted by atomic mass is 9.98. The molecule has 0 aliphatic heterocycles. The predicted octanol–water partition coefficient (Wildman–Crippen LogP) is 4.03. The van der Waals surface area contributed by atoms with Crippen LogP contribution in [-0.4, -0.2) is 17.0 Å². The van der Waals surface area contributed by atoms with Crippen molar-refractivity contribution in [1.82, 2.24) is 4.98 Å². The quantitative estimate of drug-likeness (QED) is 0.638. The Bertz CT molecular complexity index is 706. The molecule has 5 heteroatoms. The van der Waals surface area contributed by atoms with Crippen molar-refractivity contribution in [1.29, 1.82) is 0 Å². The van der Waals surface area contributed by atoms with Crippen molar-refractivity contribution >= 4 is 11.6 Å².